The van der Waals surface area contributed by atoms with Gasteiger partial charge in [0, 0.05) is 11.7 Å². The Bertz CT molecular complexity index is 524. The van der Waals surface area contributed by atoms with E-state index in [0.717, 1.165) is 6.07 Å². The molecule has 1 aromatic rings. The van der Waals surface area contributed by atoms with Crippen LogP contribution in [0.4, 0.5) is 10.1 Å². The summed E-state index contributed by atoms with van der Waals surface area (Å²) in [7, 11) is 0. The lowest BCUT2D eigenvalue weighted by atomic mass is 9.84. The molecule has 0 saturated heterocycles. The molecule has 0 radical (unpaired) electrons. The van der Waals surface area contributed by atoms with Crippen LogP contribution in [-0.4, -0.2) is 23.0 Å². The van der Waals surface area contributed by atoms with E-state index in [1.807, 2.05) is 0 Å². The molecule has 4 N–H and O–H groups in total. The zero-order valence-corrected chi connectivity index (χ0v) is 11.7. The molecule has 0 spiro atoms. The zero-order chi connectivity index (χ0) is 15.5. The van der Waals surface area contributed by atoms with Crippen molar-refractivity contribution in [2.24, 2.45) is 5.41 Å². The van der Waals surface area contributed by atoms with Gasteiger partial charge in [-0.15, -0.1) is 0 Å². The molecule has 20 heavy (non-hydrogen) atoms. The molecule has 0 aliphatic heterocycles. The number of amides is 1. The number of hydrogen-bond acceptors (Lipinski definition) is 3. The summed E-state index contributed by atoms with van der Waals surface area (Å²) in [5.74, 6) is -2.41. The first-order valence-electron chi connectivity index (χ1n) is 6.19. The van der Waals surface area contributed by atoms with Gasteiger partial charge in [-0.1, -0.05) is 20.8 Å². The van der Waals surface area contributed by atoms with Crippen molar-refractivity contribution in [3.8, 4) is 0 Å². The molecule has 0 bridgehead atoms. The van der Waals surface area contributed by atoms with E-state index in [-0.39, 0.29) is 17.7 Å². The maximum atomic E-state index is 13.7. The number of carboxylic acids is 1. The van der Waals surface area contributed by atoms with Crippen molar-refractivity contribution >= 4 is 17.6 Å². The van der Waals surface area contributed by atoms with E-state index in [4.69, 9.17) is 10.8 Å². The van der Waals surface area contributed by atoms with Crippen molar-refractivity contribution < 1.29 is 19.1 Å². The van der Waals surface area contributed by atoms with Gasteiger partial charge < -0.3 is 16.2 Å². The number of carboxylic acid groups (broad SMARTS) is 1. The molecule has 1 aromatic carbocycles. The summed E-state index contributed by atoms with van der Waals surface area (Å²) >= 11 is 0. The van der Waals surface area contributed by atoms with Crippen LogP contribution in [-0.2, 0) is 4.79 Å². The highest BCUT2D eigenvalue weighted by Crippen LogP contribution is 2.22. The number of nitrogen functional groups attached to an aromatic ring is 1. The van der Waals surface area contributed by atoms with Crippen molar-refractivity contribution in [2.75, 3.05) is 5.73 Å². The molecule has 1 unspecified atom stereocenters. The molecule has 0 aliphatic rings. The van der Waals surface area contributed by atoms with Crippen LogP contribution >= 0.6 is 0 Å². The van der Waals surface area contributed by atoms with Gasteiger partial charge in [0.2, 0.25) is 0 Å². The van der Waals surface area contributed by atoms with E-state index in [1.54, 1.807) is 20.8 Å². The minimum atomic E-state index is -1.02. The van der Waals surface area contributed by atoms with Gasteiger partial charge in [-0.25, -0.2) is 4.39 Å². The topological polar surface area (TPSA) is 92.4 Å². The van der Waals surface area contributed by atoms with Gasteiger partial charge in [0.15, 0.2) is 0 Å². The van der Waals surface area contributed by atoms with Crippen LogP contribution in [0.15, 0.2) is 18.2 Å². The third-order valence-electron chi connectivity index (χ3n) is 2.97. The molecule has 1 rings (SSSR count). The molecule has 0 aliphatic carbocycles. The van der Waals surface area contributed by atoms with E-state index in [1.165, 1.54) is 12.1 Å². The van der Waals surface area contributed by atoms with Crippen LogP contribution in [0.2, 0.25) is 0 Å². The largest absolute Gasteiger partial charge is 0.481 e. The number of benzene rings is 1. The first-order valence-corrected chi connectivity index (χ1v) is 6.19. The summed E-state index contributed by atoms with van der Waals surface area (Å²) in [5, 5.41) is 11.4. The summed E-state index contributed by atoms with van der Waals surface area (Å²) in [6, 6.07) is 3.14. The summed E-state index contributed by atoms with van der Waals surface area (Å²) in [6.45, 7) is 5.42. The van der Waals surface area contributed by atoms with Crippen molar-refractivity contribution in [3.05, 3.63) is 29.6 Å². The Hall–Kier alpha value is -2.11. The lowest BCUT2D eigenvalue weighted by molar-refractivity contribution is -0.138. The fraction of sp³-hybridized carbons (Fsp3) is 0.429. The van der Waals surface area contributed by atoms with Gasteiger partial charge in [0.05, 0.1) is 12.0 Å². The van der Waals surface area contributed by atoms with Crippen LogP contribution in [0.3, 0.4) is 0 Å². The number of rotatable bonds is 4. The average Bonchev–Trinajstić information content (AvgIpc) is 2.25. The molecule has 0 saturated carbocycles. The molecule has 110 valence electrons. The predicted octanol–water partition coefficient (Wildman–Crippen LogP) is 2.03. The molecular formula is C14H19FN2O3. The summed E-state index contributed by atoms with van der Waals surface area (Å²) in [5.41, 5.74) is 5.02. The summed E-state index contributed by atoms with van der Waals surface area (Å²) in [6.07, 6.45) is -0.230. The van der Waals surface area contributed by atoms with Crippen molar-refractivity contribution in [1.29, 1.82) is 0 Å². The van der Waals surface area contributed by atoms with E-state index < -0.39 is 29.2 Å². The average molecular weight is 282 g/mol. The first kappa shape index (κ1) is 15.9. The van der Waals surface area contributed by atoms with Gasteiger partial charge in [-0.2, -0.15) is 0 Å². The van der Waals surface area contributed by atoms with Gasteiger partial charge in [0.1, 0.15) is 5.82 Å². The van der Waals surface area contributed by atoms with Crippen LogP contribution < -0.4 is 11.1 Å². The van der Waals surface area contributed by atoms with Gasteiger partial charge >= 0.3 is 5.97 Å². The van der Waals surface area contributed by atoms with Crippen molar-refractivity contribution in [1.82, 2.24) is 5.32 Å². The summed E-state index contributed by atoms with van der Waals surface area (Å²) in [4.78, 5) is 22.9. The molecule has 0 heterocycles. The minimum absolute atomic E-state index is 0.154. The second-order valence-electron chi connectivity index (χ2n) is 5.73. The quantitative estimate of drug-likeness (QED) is 0.737. The maximum Gasteiger partial charge on any atom is 0.305 e. The Balaban J connectivity index is 2.93. The molecule has 5 nitrogen and oxygen atoms in total. The van der Waals surface area contributed by atoms with Gasteiger partial charge in [-0.3, -0.25) is 9.59 Å². The molecular weight excluding hydrogens is 263 g/mol. The molecule has 1 atom stereocenters. The Kier molecular flexibility index (Phi) is 4.70. The number of halogens is 1. The normalized spacial score (nSPS) is 12.8. The number of carbonyl (C=O) groups is 2. The molecule has 1 amide bonds. The highest BCUT2D eigenvalue weighted by molar-refractivity contribution is 5.95. The standard InChI is InChI=1S/C14H19FN2O3/c1-14(2,3)11(7-12(18)19)17-13(20)9-5-4-8(16)6-10(9)15/h4-6,11H,7,16H2,1-3H3,(H,17,20)(H,18,19). The third-order valence-corrected chi connectivity index (χ3v) is 2.97. The van der Waals surface area contributed by atoms with Crippen LogP contribution in [0.5, 0.6) is 0 Å². The third kappa shape index (κ3) is 4.22. The fourth-order valence-electron chi connectivity index (χ4n) is 1.70. The molecule has 0 fully saturated rings. The minimum Gasteiger partial charge on any atom is -0.481 e. The Morgan fingerprint density at radius 3 is 2.45 bits per heavy atom. The van der Waals surface area contributed by atoms with Crippen LogP contribution in [0, 0.1) is 11.2 Å². The molecule has 0 aromatic heterocycles. The van der Waals surface area contributed by atoms with Gasteiger partial charge in [-0.05, 0) is 23.6 Å². The molecule has 6 heteroatoms. The lowest BCUT2D eigenvalue weighted by Gasteiger charge is -2.30. The van der Waals surface area contributed by atoms with E-state index in [9.17, 15) is 14.0 Å². The Morgan fingerprint density at radius 2 is 2.00 bits per heavy atom. The van der Waals surface area contributed by atoms with Crippen molar-refractivity contribution in [2.45, 2.75) is 33.2 Å². The smallest absolute Gasteiger partial charge is 0.305 e. The number of aliphatic carboxylic acids is 1. The summed E-state index contributed by atoms with van der Waals surface area (Å²) < 4.78 is 13.7. The van der Waals surface area contributed by atoms with Crippen molar-refractivity contribution in [3.63, 3.8) is 0 Å². The first-order chi connectivity index (χ1) is 9.11. The van der Waals surface area contributed by atoms with E-state index >= 15 is 0 Å². The number of nitrogens with one attached hydrogen (secondary N) is 1. The number of carbonyl (C=O) groups excluding carboxylic acids is 1. The number of nitrogens with two attached hydrogens (primary N) is 1. The predicted molar refractivity (Wildman–Crippen MR) is 73.8 cm³/mol. The van der Waals surface area contributed by atoms with E-state index in [2.05, 4.69) is 5.32 Å². The SMILES string of the molecule is CC(C)(C)C(CC(=O)O)NC(=O)c1ccc(N)cc1F. The monoisotopic (exact) mass is 282 g/mol. The van der Waals surface area contributed by atoms with E-state index in [0.29, 0.717) is 0 Å². The maximum absolute atomic E-state index is 13.7. The zero-order valence-electron chi connectivity index (χ0n) is 11.7. The van der Waals surface area contributed by atoms with Gasteiger partial charge in [0.25, 0.3) is 5.91 Å². The second-order valence-corrected chi connectivity index (χ2v) is 5.73. The Labute approximate surface area is 117 Å². The van der Waals surface area contributed by atoms with Crippen LogP contribution in [0.1, 0.15) is 37.6 Å². The lowest BCUT2D eigenvalue weighted by Crippen LogP contribution is -2.45. The number of hydrogen-bond donors (Lipinski definition) is 3. The highest BCUT2D eigenvalue weighted by atomic mass is 19.1. The Morgan fingerprint density at radius 1 is 1.40 bits per heavy atom. The second kappa shape index (κ2) is 5.90. The number of anilines is 1. The fourth-order valence-corrected chi connectivity index (χ4v) is 1.70. The highest BCUT2D eigenvalue weighted by Gasteiger charge is 2.29. The van der Waals surface area contributed by atoms with Crippen LogP contribution in [0.25, 0.3) is 0 Å².